The molecule has 0 atom stereocenters. The first-order valence-corrected chi connectivity index (χ1v) is 11.8. The summed E-state index contributed by atoms with van der Waals surface area (Å²) in [6.07, 6.45) is 1.41. The fraction of sp³-hybridized carbons (Fsp3) is 0.0909. The van der Waals surface area contributed by atoms with Crippen LogP contribution in [0.5, 0.6) is 0 Å². The van der Waals surface area contributed by atoms with Crippen molar-refractivity contribution in [3.63, 3.8) is 0 Å². The lowest BCUT2D eigenvalue weighted by atomic mass is 10.2. The van der Waals surface area contributed by atoms with E-state index in [9.17, 15) is 13.2 Å². The number of carbonyl (C=O) groups excluding carboxylic acids is 1. The van der Waals surface area contributed by atoms with Crippen molar-refractivity contribution in [1.29, 1.82) is 0 Å². The van der Waals surface area contributed by atoms with Crippen LogP contribution in [0, 0.1) is 0 Å². The third-order valence-electron chi connectivity index (χ3n) is 4.27. The van der Waals surface area contributed by atoms with Gasteiger partial charge in [-0.25, -0.2) is 13.8 Å². The molecule has 0 aromatic heterocycles. The molecule has 0 aliphatic carbocycles. The topological polar surface area (TPSA) is 78.8 Å². The molecule has 0 aliphatic heterocycles. The molecule has 0 saturated heterocycles. The maximum Gasteiger partial charge on any atom is 0.255 e. The molecule has 0 unspecified atom stereocenters. The van der Waals surface area contributed by atoms with Gasteiger partial charge in [0.15, 0.2) is 0 Å². The number of rotatable bonds is 8. The summed E-state index contributed by atoms with van der Waals surface area (Å²) in [7, 11) is -3.92. The molecule has 1 N–H and O–H groups in total. The van der Waals surface area contributed by atoms with Crippen LogP contribution < -0.4 is 5.43 Å². The predicted molar refractivity (Wildman–Crippen MR) is 125 cm³/mol. The van der Waals surface area contributed by atoms with Crippen LogP contribution >= 0.6 is 27.5 Å². The minimum atomic E-state index is -3.92. The Morgan fingerprint density at radius 3 is 2.32 bits per heavy atom. The van der Waals surface area contributed by atoms with Gasteiger partial charge in [-0.15, -0.1) is 0 Å². The normalized spacial score (nSPS) is 11.7. The van der Waals surface area contributed by atoms with E-state index in [-0.39, 0.29) is 11.4 Å². The first-order chi connectivity index (χ1) is 14.9. The van der Waals surface area contributed by atoms with E-state index in [1.807, 2.05) is 18.2 Å². The van der Waals surface area contributed by atoms with Crippen molar-refractivity contribution < 1.29 is 13.2 Å². The van der Waals surface area contributed by atoms with Gasteiger partial charge in [0.2, 0.25) is 10.0 Å². The van der Waals surface area contributed by atoms with E-state index in [0.29, 0.717) is 10.6 Å². The number of hydrogen-bond donors (Lipinski definition) is 1. The van der Waals surface area contributed by atoms with E-state index in [0.717, 1.165) is 14.3 Å². The van der Waals surface area contributed by atoms with Gasteiger partial charge in [-0.2, -0.15) is 9.41 Å². The molecule has 1 amide bonds. The second-order valence-electron chi connectivity index (χ2n) is 6.53. The Morgan fingerprint density at radius 2 is 1.65 bits per heavy atom. The van der Waals surface area contributed by atoms with E-state index < -0.39 is 22.5 Å². The van der Waals surface area contributed by atoms with Crippen molar-refractivity contribution in [2.24, 2.45) is 5.10 Å². The number of amides is 1. The molecular formula is C22H19BrClN3O3S. The average Bonchev–Trinajstić information content (AvgIpc) is 2.76. The van der Waals surface area contributed by atoms with Gasteiger partial charge in [-0.1, -0.05) is 76.1 Å². The molecule has 0 saturated carbocycles. The van der Waals surface area contributed by atoms with E-state index >= 15 is 0 Å². The van der Waals surface area contributed by atoms with Gasteiger partial charge in [0.05, 0.1) is 17.7 Å². The Labute approximate surface area is 194 Å². The number of sulfonamides is 1. The van der Waals surface area contributed by atoms with Crippen LogP contribution in [0.4, 0.5) is 0 Å². The van der Waals surface area contributed by atoms with E-state index in [1.54, 1.807) is 48.5 Å². The highest BCUT2D eigenvalue weighted by Gasteiger charge is 2.26. The number of hydrogen-bond acceptors (Lipinski definition) is 4. The second-order valence-corrected chi connectivity index (χ2v) is 9.79. The Morgan fingerprint density at radius 1 is 1.00 bits per heavy atom. The molecular weight excluding hydrogens is 502 g/mol. The lowest BCUT2D eigenvalue weighted by molar-refractivity contribution is -0.121. The lowest BCUT2D eigenvalue weighted by Gasteiger charge is -2.21. The van der Waals surface area contributed by atoms with Gasteiger partial charge < -0.3 is 0 Å². The molecule has 0 spiro atoms. The molecule has 31 heavy (non-hydrogen) atoms. The maximum atomic E-state index is 13.2. The van der Waals surface area contributed by atoms with E-state index in [1.165, 1.54) is 18.3 Å². The molecule has 0 bridgehead atoms. The zero-order chi connectivity index (χ0) is 22.3. The highest BCUT2D eigenvalue weighted by Crippen LogP contribution is 2.20. The van der Waals surface area contributed by atoms with Gasteiger partial charge in [-0.05, 0) is 35.9 Å². The van der Waals surface area contributed by atoms with Crippen LogP contribution in [0.15, 0.2) is 93.3 Å². The van der Waals surface area contributed by atoms with Crippen LogP contribution in [0.2, 0.25) is 5.02 Å². The quantitative estimate of drug-likeness (QED) is 0.352. The van der Waals surface area contributed by atoms with Crippen molar-refractivity contribution >= 4 is 49.7 Å². The van der Waals surface area contributed by atoms with E-state index in [2.05, 4.69) is 26.5 Å². The molecule has 0 heterocycles. The summed E-state index contributed by atoms with van der Waals surface area (Å²) < 4.78 is 28.3. The average molecular weight is 521 g/mol. The van der Waals surface area contributed by atoms with Crippen molar-refractivity contribution in [3.8, 4) is 0 Å². The fourth-order valence-electron chi connectivity index (χ4n) is 2.72. The summed E-state index contributed by atoms with van der Waals surface area (Å²) >= 11 is 9.36. The first-order valence-electron chi connectivity index (χ1n) is 9.22. The third-order valence-corrected chi connectivity index (χ3v) is 6.95. The summed E-state index contributed by atoms with van der Waals surface area (Å²) in [5.74, 6) is -0.570. The molecule has 9 heteroatoms. The molecule has 0 radical (unpaired) electrons. The summed E-state index contributed by atoms with van der Waals surface area (Å²) in [5, 5.41) is 4.38. The number of hydrazone groups is 1. The Bertz CT molecular complexity index is 1170. The minimum absolute atomic E-state index is 0.0425. The largest absolute Gasteiger partial charge is 0.272 e. The molecule has 6 nitrogen and oxygen atoms in total. The summed E-state index contributed by atoms with van der Waals surface area (Å²) in [5.41, 5.74) is 3.76. The van der Waals surface area contributed by atoms with Crippen LogP contribution in [0.3, 0.4) is 0 Å². The van der Waals surface area contributed by atoms with Crippen LogP contribution in [-0.2, 0) is 21.4 Å². The monoisotopic (exact) mass is 519 g/mol. The minimum Gasteiger partial charge on any atom is -0.272 e. The van der Waals surface area contributed by atoms with Gasteiger partial charge in [0.1, 0.15) is 0 Å². The van der Waals surface area contributed by atoms with Crippen molar-refractivity contribution in [3.05, 3.63) is 99.5 Å². The van der Waals surface area contributed by atoms with Crippen LogP contribution in [0.25, 0.3) is 0 Å². The van der Waals surface area contributed by atoms with Crippen molar-refractivity contribution in [2.45, 2.75) is 11.4 Å². The highest BCUT2D eigenvalue weighted by atomic mass is 79.9. The van der Waals surface area contributed by atoms with Gasteiger partial charge in [0.25, 0.3) is 5.91 Å². The lowest BCUT2D eigenvalue weighted by Crippen LogP contribution is -2.39. The third kappa shape index (κ3) is 6.48. The fourth-order valence-corrected chi connectivity index (χ4v) is 4.55. The number of halogens is 2. The van der Waals surface area contributed by atoms with Gasteiger partial charge in [-0.3, -0.25) is 4.79 Å². The highest BCUT2D eigenvalue weighted by molar-refractivity contribution is 9.10. The number of benzene rings is 3. The summed E-state index contributed by atoms with van der Waals surface area (Å²) in [6, 6.07) is 22.4. The number of carbonyl (C=O) groups is 1. The molecule has 0 aliphatic rings. The maximum absolute atomic E-state index is 13.2. The molecule has 160 valence electrons. The van der Waals surface area contributed by atoms with Crippen molar-refractivity contribution in [1.82, 2.24) is 9.73 Å². The zero-order valence-corrected chi connectivity index (χ0v) is 19.4. The van der Waals surface area contributed by atoms with Crippen LogP contribution in [0.1, 0.15) is 11.1 Å². The van der Waals surface area contributed by atoms with Crippen molar-refractivity contribution in [2.75, 3.05) is 6.54 Å². The smallest absolute Gasteiger partial charge is 0.255 e. The molecule has 3 aromatic rings. The Balaban J connectivity index is 1.78. The van der Waals surface area contributed by atoms with Gasteiger partial charge in [0, 0.05) is 21.6 Å². The molecule has 3 aromatic carbocycles. The SMILES string of the molecule is O=C(CN(Cc1ccccc1)S(=O)(=O)c1ccc(Br)cc1)N/N=C\c1ccccc1Cl. The number of nitrogens with one attached hydrogen (secondary N) is 1. The molecule has 0 fully saturated rings. The summed E-state index contributed by atoms with van der Waals surface area (Å²) in [4.78, 5) is 12.6. The van der Waals surface area contributed by atoms with E-state index in [4.69, 9.17) is 11.6 Å². The first kappa shape index (κ1) is 23.1. The number of nitrogens with zero attached hydrogens (tertiary/aromatic N) is 2. The Hall–Kier alpha value is -2.52. The zero-order valence-electron chi connectivity index (χ0n) is 16.3. The van der Waals surface area contributed by atoms with Crippen LogP contribution in [-0.4, -0.2) is 31.4 Å². The predicted octanol–water partition coefficient (Wildman–Crippen LogP) is 4.44. The standard InChI is InChI=1S/C22H19BrClN3O3S/c23-19-10-12-20(13-11-19)31(29,30)27(15-17-6-2-1-3-7-17)16-22(28)26-25-14-18-8-4-5-9-21(18)24/h1-14H,15-16H2,(H,26,28)/b25-14-. The molecule has 3 rings (SSSR count). The summed E-state index contributed by atoms with van der Waals surface area (Å²) in [6.45, 7) is -0.353. The Kier molecular flexibility index (Phi) is 7.97. The second kappa shape index (κ2) is 10.7. The van der Waals surface area contributed by atoms with Gasteiger partial charge >= 0.3 is 0 Å².